The second kappa shape index (κ2) is 3.25. The molecule has 0 atom stereocenters. The first-order valence-corrected chi connectivity index (χ1v) is 4.89. The minimum Gasteiger partial charge on any atom is -0.382 e. The molecular formula is C9H8BrF2N. The summed E-state index contributed by atoms with van der Waals surface area (Å²) in [7, 11) is 0. The number of fused-ring (bicyclic) bond motifs is 1. The minimum atomic E-state index is -0.386. The third kappa shape index (κ3) is 1.43. The van der Waals surface area contributed by atoms with Crippen molar-refractivity contribution >= 4 is 21.6 Å². The highest BCUT2D eigenvalue weighted by Gasteiger charge is 2.19. The van der Waals surface area contributed by atoms with Crippen LogP contribution in [0.15, 0.2) is 10.5 Å². The van der Waals surface area contributed by atoms with Crippen molar-refractivity contribution in [2.45, 2.75) is 12.8 Å². The maximum Gasteiger partial charge on any atom is 0.147 e. The monoisotopic (exact) mass is 247 g/mol. The summed E-state index contributed by atoms with van der Waals surface area (Å²) in [5.74, 6) is -0.730. The highest BCUT2D eigenvalue weighted by molar-refractivity contribution is 9.10. The lowest BCUT2D eigenvalue weighted by Crippen LogP contribution is -2.15. The Morgan fingerprint density at radius 2 is 2.15 bits per heavy atom. The van der Waals surface area contributed by atoms with Crippen LogP contribution in [-0.2, 0) is 6.42 Å². The van der Waals surface area contributed by atoms with Gasteiger partial charge in [0.2, 0.25) is 0 Å². The van der Waals surface area contributed by atoms with E-state index in [4.69, 9.17) is 0 Å². The summed E-state index contributed by atoms with van der Waals surface area (Å²) >= 11 is 2.98. The molecule has 0 unspecified atom stereocenters. The van der Waals surface area contributed by atoms with Gasteiger partial charge in [-0.05, 0) is 34.8 Å². The number of anilines is 1. The van der Waals surface area contributed by atoms with Gasteiger partial charge < -0.3 is 5.32 Å². The van der Waals surface area contributed by atoms with Crippen LogP contribution in [0.4, 0.5) is 14.5 Å². The van der Waals surface area contributed by atoms with E-state index in [2.05, 4.69) is 21.2 Å². The Morgan fingerprint density at radius 3 is 2.92 bits per heavy atom. The lowest BCUT2D eigenvalue weighted by atomic mass is 10.0. The summed E-state index contributed by atoms with van der Waals surface area (Å²) in [6, 6.07) is 1.16. The third-order valence-electron chi connectivity index (χ3n) is 2.17. The summed E-state index contributed by atoms with van der Waals surface area (Å²) in [5, 5.41) is 2.86. The van der Waals surface area contributed by atoms with Crippen molar-refractivity contribution in [2.75, 3.05) is 11.9 Å². The number of hydrogen-bond donors (Lipinski definition) is 1. The zero-order valence-electron chi connectivity index (χ0n) is 6.83. The molecule has 1 nitrogen and oxygen atoms in total. The van der Waals surface area contributed by atoms with E-state index in [1.54, 1.807) is 0 Å². The summed E-state index contributed by atoms with van der Waals surface area (Å²) in [5.41, 5.74) is 0.782. The van der Waals surface area contributed by atoms with Crippen LogP contribution in [0.2, 0.25) is 0 Å². The predicted molar refractivity (Wildman–Crippen MR) is 50.9 cm³/mol. The molecule has 0 spiro atoms. The maximum atomic E-state index is 13.4. The molecule has 0 aliphatic carbocycles. The quantitative estimate of drug-likeness (QED) is 0.695. The van der Waals surface area contributed by atoms with Gasteiger partial charge in [-0.15, -0.1) is 0 Å². The Labute approximate surface area is 83.3 Å². The molecule has 0 amide bonds. The number of benzene rings is 1. The van der Waals surface area contributed by atoms with Crippen LogP contribution in [0.3, 0.4) is 0 Å². The van der Waals surface area contributed by atoms with E-state index in [9.17, 15) is 8.78 Å². The number of hydrogen-bond acceptors (Lipinski definition) is 1. The fourth-order valence-electron chi connectivity index (χ4n) is 1.55. The molecule has 2 rings (SSSR count). The van der Waals surface area contributed by atoms with Crippen molar-refractivity contribution in [3.63, 3.8) is 0 Å². The molecule has 1 aliphatic rings. The van der Waals surface area contributed by atoms with Gasteiger partial charge in [0.25, 0.3) is 0 Å². The number of halogens is 3. The Balaban J connectivity index is 2.63. The molecule has 1 heterocycles. The van der Waals surface area contributed by atoms with E-state index in [1.807, 2.05) is 0 Å². The van der Waals surface area contributed by atoms with Crippen LogP contribution >= 0.6 is 15.9 Å². The van der Waals surface area contributed by atoms with Gasteiger partial charge in [-0.1, -0.05) is 0 Å². The Hall–Kier alpha value is -0.640. The molecule has 70 valence electrons. The lowest BCUT2D eigenvalue weighted by molar-refractivity contribution is 0.571. The van der Waals surface area contributed by atoms with Crippen LogP contribution in [0.5, 0.6) is 0 Å². The third-order valence-corrected chi connectivity index (χ3v) is 2.75. The molecule has 0 radical (unpaired) electrons. The molecule has 0 saturated carbocycles. The standard InChI is InChI=1S/C9H8BrF2N/c10-6-4-7(11)9-5(8(6)12)2-1-3-13-9/h4,13H,1-3H2. The summed E-state index contributed by atoms with van der Waals surface area (Å²) in [6.45, 7) is 0.713. The van der Waals surface area contributed by atoms with Crippen molar-refractivity contribution in [1.29, 1.82) is 0 Å². The zero-order valence-corrected chi connectivity index (χ0v) is 8.42. The Kier molecular flexibility index (Phi) is 2.24. The minimum absolute atomic E-state index is 0.201. The zero-order chi connectivity index (χ0) is 9.42. The SMILES string of the molecule is Fc1cc(Br)c(F)c2c1NCCC2. The molecule has 0 saturated heterocycles. The lowest BCUT2D eigenvalue weighted by Gasteiger charge is -2.19. The van der Waals surface area contributed by atoms with Crippen molar-refractivity contribution in [1.82, 2.24) is 0 Å². The highest BCUT2D eigenvalue weighted by atomic mass is 79.9. The second-order valence-electron chi connectivity index (χ2n) is 3.04. The molecule has 0 bridgehead atoms. The topological polar surface area (TPSA) is 12.0 Å². The molecule has 1 aromatic rings. The molecular weight excluding hydrogens is 240 g/mol. The normalized spacial score (nSPS) is 15.0. The molecule has 13 heavy (non-hydrogen) atoms. The number of nitrogens with one attached hydrogen (secondary N) is 1. The summed E-state index contributed by atoms with van der Waals surface area (Å²) in [4.78, 5) is 0. The fraction of sp³-hybridized carbons (Fsp3) is 0.333. The van der Waals surface area contributed by atoms with E-state index in [1.165, 1.54) is 0 Å². The smallest absolute Gasteiger partial charge is 0.147 e. The summed E-state index contributed by atoms with van der Waals surface area (Å²) in [6.07, 6.45) is 1.45. The van der Waals surface area contributed by atoms with E-state index >= 15 is 0 Å². The molecule has 0 aromatic heterocycles. The maximum absolute atomic E-state index is 13.4. The molecule has 1 aromatic carbocycles. The number of rotatable bonds is 0. The van der Waals surface area contributed by atoms with Gasteiger partial charge in [0.05, 0.1) is 10.2 Å². The van der Waals surface area contributed by atoms with Crippen LogP contribution in [0.25, 0.3) is 0 Å². The van der Waals surface area contributed by atoms with Crippen LogP contribution in [0.1, 0.15) is 12.0 Å². The molecule has 0 fully saturated rings. The van der Waals surface area contributed by atoms with Crippen molar-refractivity contribution in [3.05, 3.63) is 27.7 Å². The average Bonchev–Trinajstić information content (AvgIpc) is 2.15. The predicted octanol–water partition coefficient (Wildman–Crippen LogP) is 3.09. The summed E-state index contributed by atoms with van der Waals surface area (Å²) < 4.78 is 26.9. The molecule has 4 heteroatoms. The highest BCUT2D eigenvalue weighted by Crippen LogP contribution is 2.32. The van der Waals surface area contributed by atoms with Crippen molar-refractivity contribution < 1.29 is 8.78 Å². The van der Waals surface area contributed by atoms with Crippen molar-refractivity contribution in [2.24, 2.45) is 0 Å². The largest absolute Gasteiger partial charge is 0.382 e. The van der Waals surface area contributed by atoms with Gasteiger partial charge in [0, 0.05) is 12.1 Å². The van der Waals surface area contributed by atoms with E-state index in [0.29, 0.717) is 24.2 Å². The van der Waals surface area contributed by atoms with Gasteiger partial charge in [-0.2, -0.15) is 0 Å². The van der Waals surface area contributed by atoms with Gasteiger partial charge in [0.15, 0.2) is 0 Å². The van der Waals surface area contributed by atoms with Crippen LogP contribution in [0, 0.1) is 11.6 Å². The first-order valence-electron chi connectivity index (χ1n) is 4.10. The Morgan fingerprint density at radius 1 is 1.38 bits per heavy atom. The molecule has 1 aliphatic heterocycles. The van der Waals surface area contributed by atoms with Crippen LogP contribution in [-0.4, -0.2) is 6.54 Å². The van der Waals surface area contributed by atoms with Gasteiger partial charge in [0.1, 0.15) is 11.6 Å². The first kappa shape index (κ1) is 8.94. The average molecular weight is 248 g/mol. The van der Waals surface area contributed by atoms with Gasteiger partial charge in [-0.25, -0.2) is 8.78 Å². The fourth-order valence-corrected chi connectivity index (χ4v) is 1.99. The first-order chi connectivity index (χ1) is 6.20. The van der Waals surface area contributed by atoms with E-state index in [-0.39, 0.29) is 16.1 Å². The van der Waals surface area contributed by atoms with E-state index < -0.39 is 0 Å². The van der Waals surface area contributed by atoms with Gasteiger partial charge >= 0.3 is 0 Å². The van der Waals surface area contributed by atoms with E-state index in [0.717, 1.165) is 12.5 Å². The second-order valence-corrected chi connectivity index (χ2v) is 3.89. The van der Waals surface area contributed by atoms with Crippen molar-refractivity contribution in [3.8, 4) is 0 Å². The van der Waals surface area contributed by atoms with Crippen LogP contribution < -0.4 is 5.32 Å². The van der Waals surface area contributed by atoms with Gasteiger partial charge in [-0.3, -0.25) is 0 Å². The molecule has 1 N–H and O–H groups in total. The Bertz CT molecular complexity index is 352.